The number of esters is 1. The minimum absolute atomic E-state index is 0.0435. The first-order valence-electron chi connectivity index (χ1n) is 9.05. The van der Waals surface area contributed by atoms with E-state index in [1.807, 2.05) is 0 Å². The highest BCUT2D eigenvalue weighted by atomic mass is 32.1. The standard InChI is InChI=1S/C18H21F3N4O3SSi/c1-27-17(26)16-23-8-13(29-16)12-7-22-15-14(24-12)11(18(19,20)21)9-25(15)10-28-5-6-30(2,3)4/h7-9H,5-6,10H2,1-4H3. The van der Waals surface area contributed by atoms with Gasteiger partial charge in [0.1, 0.15) is 23.5 Å². The molecule has 0 radical (unpaired) electrons. The summed E-state index contributed by atoms with van der Waals surface area (Å²) in [6, 6.07) is 0.905. The number of rotatable bonds is 7. The lowest BCUT2D eigenvalue weighted by atomic mass is 10.3. The van der Waals surface area contributed by atoms with Crippen molar-refractivity contribution in [1.82, 2.24) is 19.5 Å². The van der Waals surface area contributed by atoms with Crippen LogP contribution in [-0.2, 0) is 22.4 Å². The molecule has 30 heavy (non-hydrogen) atoms. The highest BCUT2D eigenvalue weighted by molar-refractivity contribution is 7.16. The number of hydrogen-bond acceptors (Lipinski definition) is 7. The Labute approximate surface area is 175 Å². The fourth-order valence-electron chi connectivity index (χ4n) is 2.59. The summed E-state index contributed by atoms with van der Waals surface area (Å²) in [5, 5.41) is 0.0822. The number of ether oxygens (including phenoxy) is 2. The molecule has 3 rings (SSSR count). The van der Waals surface area contributed by atoms with Gasteiger partial charge in [0.25, 0.3) is 0 Å². The molecule has 0 unspecified atom stereocenters. The van der Waals surface area contributed by atoms with Crippen molar-refractivity contribution in [1.29, 1.82) is 0 Å². The van der Waals surface area contributed by atoms with E-state index in [-0.39, 0.29) is 28.6 Å². The summed E-state index contributed by atoms with van der Waals surface area (Å²) in [7, 11) is -0.0861. The molecule has 12 heteroatoms. The molecule has 3 heterocycles. The number of nitrogens with zero attached hydrogens (tertiary/aromatic N) is 4. The molecule has 0 amide bonds. The van der Waals surface area contributed by atoms with Crippen LogP contribution in [0.1, 0.15) is 15.4 Å². The Morgan fingerprint density at radius 3 is 2.60 bits per heavy atom. The third-order valence-corrected chi connectivity index (χ3v) is 6.92. The Bertz CT molecular complexity index is 1060. The molecule has 0 atom stereocenters. The summed E-state index contributed by atoms with van der Waals surface area (Å²) < 4.78 is 52.2. The van der Waals surface area contributed by atoms with Crippen molar-refractivity contribution in [2.75, 3.05) is 13.7 Å². The molecule has 0 saturated heterocycles. The van der Waals surface area contributed by atoms with E-state index < -0.39 is 25.8 Å². The fraction of sp³-hybridized carbons (Fsp3) is 0.444. The van der Waals surface area contributed by atoms with Gasteiger partial charge in [-0.25, -0.2) is 19.7 Å². The lowest BCUT2D eigenvalue weighted by Crippen LogP contribution is -2.22. The number of fused-ring (bicyclic) bond motifs is 1. The van der Waals surface area contributed by atoms with Gasteiger partial charge in [0.15, 0.2) is 5.65 Å². The molecular formula is C18H21F3N4O3SSi. The predicted octanol–water partition coefficient (Wildman–Crippen LogP) is 4.67. The first-order valence-corrected chi connectivity index (χ1v) is 13.6. The first kappa shape index (κ1) is 22.4. The number of carbonyl (C=O) groups excluding carboxylic acids is 1. The van der Waals surface area contributed by atoms with E-state index in [2.05, 4.69) is 39.3 Å². The maximum atomic E-state index is 13.6. The average molecular weight is 459 g/mol. The Balaban J connectivity index is 1.93. The fourth-order valence-corrected chi connectivity index (χ4v) is 4.14. The Morgan fingerprint density at radius 1 is 1.23 bits per heavy atom. The van der Waals surface area contributed by atoms with E-state index in [4.69, 9.17) is 4.74 Å². The molecule has 0 aliphatic carbocycles. The zero-order chi connectivity index (χ0) is 22.1. The van der Waals surface area contributed by atoms with Crippen LogP contribution < -0.4 is 0 Å². The third-order valence-electron chi connectivity index (χ3n) is 4.22. The monoisotopic (exact) mass is 458 g/mol. The van der Waals surface area contributed by atoms with Crippen LogP contribution in [0, 0.1) is 0 Å². The van der Waals surface area contributed by atoms with Gasteiger partial charge < -0.3 is 14.0 Å². The lowest BCUT2D eigenvalue weighted by Gasteiger charge is -2.15. The van der Waals surface area contributed by atoms with Crippen LogP contribution >= 0.6 is 11.3 Å². The van der Waals surface area contributed by atoms with E-state index in [0.29, 0.717) is 11.5 Å². The van der Waals surface area contributed by atoms with Crippen LogP contribution in [0.5, 0.6) is 0 Å². The van der Waals surface area contributed by atoms with Crippen LogP contribution in [0.4, 0.5) is 13.2 Å². The number of thiazole rings is 1. The summed E-state index contributed by atoms with van der Waals surface area (Å²) >= 11 is 0.969. The molecule has 162 valence electrons. The second-order valence-corrected chi connectivity index (χ2v) is 14.5. The van der Waals surface area contributed by atoms with Crippen LogP contribution in [0.25, 0.3) is 21.7 Å². The second kappa shape index (κ2) is 8.44. The van der Waals surface area contributed by atoms with Crippen molar-refractivity contribution in [3.63, 3.8) is 0 Å². The summed E-state index contributed by atoms with van der Waals surface area (Å²) in [5.41, 5.74) is -0.894. The van der Waals surface area contributed by atoms with Gasteiger partial charge in [0.2, 0.25) is 5.01 Å². The summed E-state index contributed by atoms with van der Waals surface area (Å²) in [6.45, 7) is 7.02. The van der Waals surface area contributed by atoms with Crippen molar-refractivity contribution < 1.29 is 27.4 Å². The lowest BCUT2D eigenvalue weighted by molar-refractivity contribution is -0.136. The zero-order valence-electron chi connectivity index (χ0n) is 16.9. The smallest absolute Gasteiger partial charge is 0.420 e. The number of aromatic nitrogens is 4. The molecule has 0 bridgehead atoms. The van der Waals surface area contributed by atoms with Crippen molar-refractivity contribution in [2.45, 2.75) is 38.6 Å². The van der Waals surface area contributed by atoms with E-state index in [1.54, 1.807) is 0 Å². The van der Waals surface area contributed by atoms with E-state index in [1.165, 1.54) is 24.1 Å². The number of hydrogen-bond donors (Lipinski definition) is 0. The van der Waals surface area contributed by atoms with Crippen LogP contribution in [0.3, 0.4) is 0 Å². The number of alkyl halides is 3. The minimum atomic E-state index is -4.60. The van der Waals surface area contributed by atoms with Crippen molar-refractivity contribution in [3.8, 4) is 10.6 Å². The van der Waals surface area contributed by atoms with Crippen LogP contribution in [0.2, 0.25) is 25.7 Å². The first-order chi connectivity index (χ1) is 14.0. The zero-order valence-corrected chi connectivity index (χ0v) is 18.7. The maximum Gasteiger partial charge on any atom is 0.420 e. The molecule has 0 fully saturated rings. The van der Waals surface area contributed by atoms with E-state index >= 15 is 0 Å². The Kier molecular flexibility index (Phi) is 6.29. The molecule has 0 spiro atoms. The molecule has 0 aromatic carbocycles. The molecule has 7 nitrogen and oxygen atoms in total. The molecule has 0 aliphatic heterocycles. The van der Waals surface area contributed by atoms with Gasteiger partial charge in [-0.15, -0.1) is 11.3 Å². The number of halogens is 3. The van der Waals surface area contributed by atoms with Crippen LogP contribution in [0.15, 0.2) is 18.6 Å². The number of methoxy groups -OCH3 is 1. The summed E-state index contributed by atoms with van der Waals surface area (Å²) in [4.78, 5) is 24.3. The Morgan fingerprint density at radius 2 is 1.97 bits per heavy atom. The quantitative estimate of drug-likeness (QED) is 0.291. The minimum Gasteiger partial charge on any atom is -0.464 e. The summed E-state index contributed by atoms with van der Waals surface area (Å²) in [5.74, 6) is -0.627. The average Bonchev–Trinajstić information content (AvgIpc) is 3.28. The van der Waals surface area contributed by atoms with Gasteiger partial charge in [0, 0.05) is 27.1 Å². The maximum absolute atomic E-state index is 13.6. The van der Waals surface area contributed by atoms with Gasteiger partial charge in [-0.2, -0.15) is 13.2 Å². The van der Waals surface area contributed by atoms with Gasteiger partial charge in [-0.05, 0) is 6.04 Å². The van der Waals surface area contributed by atoms with Gasteiger partial charge >= 0.3 is 12.1 Å². The number of carbonyl (C=O) groups is 1. The SMILES string of the molecule is COC(=O)c1ncc(-c2cnc3c(n2)c(C(F)(F)F)cn3COCC[Si](C)(C)C)s1. The molecule has 0 aliphatic rings. The Hall–Kier alpha value is -2.31. The molecular weight excluding hydrogens is 437 g/mol. The molecule has 0 saturated carbocycles. The third kappa shape index (κ3) is 5.05. The van der Waals surface area contributed by atoms with E-state index in [0.717, 1.165) is 23.6 Å². The van der Waals surface area contributed by atoms with Crippen LogP contribution in [-0.4, -0.2) is 47.3 Å². The van der Waals surface area contributed by atoms with Gasteiger partial charge in [-0.1, -0.05) is 19.6 Å². The molecule has 3 aromatic rings. The second-order valence-electron chi connectivity index (χ2n) is 7.81. The van der Waals surface area contributed by atoms with Crippen molar-refractivity contribution in [3.05, 3.63) is 29.2 Å². The van der Waals surface area contributed by atoms with Crippen molar-refractivity contribution >= 4 is 36.5 Å². The summed E-state index contributed by atoms with van der Waals surface area (Å²) in [6.07, 6.45) is -0.915. The van der Waals surface area contributed by atoms with Crippen molar-refractivity contribution in [2.24, 2.45) is 0 Å². The predicted molar refractivity (Wildman–Crippen MR) is 109 cm³/mol. The topological polar surface area (TPSA) is 79.1 Å². The van der Waals surface area contributed by atoms with Gasteiger partial charge in [0.05, 0.1) is 18.2 Å². The normalized spacial score (nSPS) is 12.5. The molecule has 0 N–H and O–H groups in total. The highest BCUT2D eigenvalue weighted by Crippen LogP contribution is 2.36. The largest absolute Gasteiger partial charge is 0.464 e. The van der Waals surface area contributed by atoms with Gasteiger partial charge in [-0.3, -0.25) is 0 Å². The highest BCUT2D eigenvalue weighted by Gasteiger charge is 2.36. The molecule has 3 aromatic heterocycles. The van der Waals surface area contributed by atoms with E-state index in [9.17, 15) is 18.0 Å².